The Kier molecular flexibility index (Phi) is 4.51. The molecule has 5 heteroatoms. The summed E-state index contributed by atoms with van der Waals surface area (Å²) in [6.45, 7) is -0.238. The van der Waals surface area contributed by atoms with Gasteiger partial charge < -0.3 is 15.4 Å². The van der Waals surface area contributed by atoms with Crippen molar-refractivity contribution in [2.45, 2.75) is 6.42 Å². The molecule has 0 aromatic heterocycles. The first-order valence-corrected chi connectivity index (χ1v) is 5.20. The lowest BCUT2D eigenvalue weighted by atomic mass is 10.1. The molecule has 0 aliphatic carbocycles. The van der Waals surface area contributed by atoms with Crippen LogP contribution in [0.1, 0.15) is 5.56 Å². The average Bonchev–Trinajstić information content (AvgIpc) is 2.29. The van der Waals surface area contributed by atoms with Crippen LogP contribution < -0.4 is 5.73 Å². The van der Waals surface area contributed by atoms with Gasteiger partial charge in [0.25, 0.3) is 5.91 Å². The van der Waals surface area contributed by atoms with E-state index in [0.29, 0.717) is 11.3 Å². The van der Waals surface area contributed by atoms with Crippen molar-refractivity contribution in [2.24, 2.45) is 0 Å². The van der Waals surface area contributed by atoms with Gasteiger partial charge in [0.1, 0.15) is 0 Å². The second-order valence-electron chi connectivity index (χ2n) is 3.82. The maximum atomic E-state index is 11.4. The van der Waals surface area contributed by atoms with Crippen molar-refractivity contribution in [3.63, 3.8) is 0 Å². The Morgan fingerprint density at radius 1 is 1.29 bits per heavy atom. The van der Waals surface area contributed by atoms with Crippen molar-refractivity contribution in [3.05, 3.63) is 29.8 Å². The smallest absolute Gasteiger partial charge is 0.310 e. The Bertz CT molecular complexity index is 416. The summed E-state index contributed by atoms with van der Waals surface area (Å²) in [5, 5.41) is 0. The molecule has 0 bridgehead atoms. The molecular weight excluding hydrogens is 220 g/mol. The molecule has 5 nitrogen and oxygen atoms in total. The molecular formula is C12H16N2O3. The maximum Gasteiger partial charge on any atom is 0.310 e. The van der Waals surface area contributed by atoms with Crippen LogP contribution in [0.25, 0.3) is 0 Å². The van der Waals surface area contributed by atoms with Gasteiger partial charge in [-0.2, -0.15) is 0 Å². The van der Waals surface area contributed by atoms with Crippen LogP contribution in [0.4, 0.5) is 5.69 Å². The van der Waals surface area contributed by atoms with E-state index < -0.39 is 5.97 Å². The summed E-state index contributed by atoms with van der Waals surface area (Å²) in [5.74, 6) is -0.711. The van der Waals surface area contributed by atoms with E-state index in [4.69, 9.17) is 10.5 Å². The molecule has 0 saturated heterocycles. The van der Waals surface area contributed by atoms with Crippen molar-refractivity contribution >= 4 is 17.6 Å². The van der Waals surface area contributed by atoms with Crippen molar-refractivity contribution < 1.29 is 14.3 Å². The number of nitrogen functional groups attached to an aromatic ring is 1. The molecule has 2 N–H and O–H groups in total. The van der Waals surface area contributed by atoms with Crippen molar-refractivity contribution in [3.8, 4) is 0 Å². The molecule has 0 radical (unpaired) electrons. The fourth-order valence-corrected chi connectivity index (χ4v) is 1.17. The van der Waals surface area contributed by atoms with Crippen LogP contribution in [0.2, 0.25) is 0 Å². The number of benzene rings is 1. The van der Waals surface area contributed by atoms with E-state index in [1.165, 1.54) is 4.90 Å². The van der Waals surface area contributed by atoms with Crippen LogP contribution in [-0.4, -0.2) is 37.5 Å². The van der Waals surface area contributed by atoms with E-state index in [0.717, 1.165) is 0 Å². The second-order valence-corrected chi connectivity index (χ2v) is 3.82. The third-order valence-electron chi connectivity index (χ3n) is 2.25. The van der Waals surface area contributed by atoms with Gasteiger partial charge in [0.05, 0.1) is 6.42 Å². The Labute approximate surface area is 100 Å². The first kappa shape index (κ1) is 13.0. The lowest BCUT2D eigenvalue weighted by molar-refractivity contribution is -0.150. The van der Waals surface area contributed by atoms with E-state index in [1.54, 1.807) is 38.4 Å². The molecule has 17 heavy (non-hydrogen) atoms. The SMILES string of the molecule is CN(C)C(=O)COC(=O)Cc1ccccc1N. The summed E-state index contributed by atoms with van der Waals surface area (Å²) in [6, 6.07) is 7.06. The number of carbonyl (C=O) groups is 2. The predicted molar refractivity (Wildman–Crippen MR) is 64.2 cm³/mol. The number of nitrogens with two attached hydrogens (primary N) is 1. The van der Waals surface area contributed by atoms with Crippen LogP contribution in [0, 0.1) is 0 Å². The number of anilines is 1. The first-order valence-electron chi connectivity index (χ1n) is 5.20. The van der Waals surface area contributed by atoms with E-state index in [2.05, 4.69) is 0 Å². The second kappa shape index (κ2) is 5.89. The topological polar surface area (TPSA) is 72.6 Å². The molecule has 1 aromatic carbocycles. The third kappa shape index (κ3) is 4.14. The molecule has 0 atom stereocenters. The Hall–Kier alpha value is -2.04. The summed E-state index contributed by atoms with van der Waals surface area (Å²) in [6.07, 6.45) is 0.0768. The van der Waals surface area contributed by atoms with Gasteiger partial charge in [-0.3, -0.25) is 9.59 Å². The highest BCUT2D eigenvalue weighted by molar-refractivity contribution is 5.81. The zero-order valence-corrected chi connectivity index (χ0v) is 9.97. The zero-order valence-electron chi connectivity index (χ0n) is 9.97. The van der Waals surface area contributed by atoms with Gasteiger partial charge in [0, 0.05) is 19.8 Å². The fourth-order valence-electron chi connectivity index (χ4n) is 1.17. The molecule has 0 saturated carbocycles. The highest BCUT2D eigenvalue weighted by Crippen LogP contribution is 2.11. The number of hydrogen-bond acceptors (Lipinski definition) is 4. The predicted octanol–water partition coefficient (Wildman–Crippen LogP) is 0.443. The molecule has 0 unspecified atom stereocenters. The minimum absolute atomic E-state index is 0.0768. The Morgan fingerprint density at radius 3 is 2.53 bits per heavy atom. The number of likely N-dealkylation sites (N-methyl/N-ethyl adjacent to an activating group) is 1. The summed E-state index contributed by atoms with van der Waals surface area (Å²) >= 11 is 0. The summed E-state index contributed by atoms with van der Waals surface area (Å²) in [7, 11) is 3.21. The average molecular weight is 236 g/mol. The van der Waals surface area contributed by atoms with Crippen LogP contribution in [-0.2, 0) is 20.7 Å². The van der Waals surface area contributed by atoms with Crippen LogP contribution >= 0.6 is 0 Å². The van der Waals surface area contributed by atoms with Crippen molar-refractivity contribution in [1.29, 1.82) is 0 Å². The molecule has 0 aliphatic rings. The molecule has 1 amide bonds. The summed E-state index contributed by atoms with van der Waals surface area (Å²) in [4.78, 5) is 24.0. The third-order valence-corrected chi connectivity index (χ3v) is 2.25. The molecule has 1 rings (SSSR count). The lowest BCUT2D eigenvalue weighted by Gasteiger charge is -2.10. The highest BCUT2D eigenvalue weighted by Gasteiger charge is 2.10. The zero-order chi connectivity index (χ0) is 12.8. The van der Waals surface area contributed by atoms with Gasteiger partial charge in [-0.05, 0) is 11.6 Å². The largest absolute Gasteiger partial charge is 0.455 e. The van der Waals surface area contributed by atoms with Crippen LogP contribution in [0.15, 0.2) is 24.3 Å². The normalized spacial score (nSPS) is 9.76. The molecule has 92 valence electrons. The lowest BCUT2D eigenvalue weighted by Crippen LogP contribution is -2.28. The van der Waals surface area contributed by atoms with E-state index in [9.17, 15) is 9.59 Å². The number of amides is 1. The first-order chi connectivity index (χ1) is 8.00. The van der Waals surface area contributed by atoms with E-state index in [-0.39, 0.29) is 18.9 Å². The molecule has 0 heterocycles. The fraction of sp³-hybridized carbons (Fsp3) is 0.333. The number of ether oxygens (including phenoxy) is 1. The Balaban J connectivity index is 2.46. The van der Waals surface area contributed by atoms with Crippen molar-refractivity contribution in [1.82, 2.24) is 4.90 Å². The maximum absolute atomic E-state index is 11.4. The molecule has 0 spiro atoms. The number of carbonyl (C=O) groups excluding carboxylic acids is 2. The van der Waals surface area contributed by atoms with Gasteiger partial charge in [-0.1, -0.05) is 18.2 Å². The minimum Gasteiger partial charge on any atom is -0.455 e. The van der Waals surface area contributed by atoms with E-state index >= 15 is 0 Å². The number of rotatable bonds is 4. The van der Waals surface area contributed by atoms with Crippen LogP contribution in [0.3, 0.4) is 0 Å². The van der Waals surface area contributed by atoms with Gasteiger partial charge in [0.15, 0.2) is 6.61 Å². The molecule has 1 aromatic rings. The highest BCUT2D eigenvalue weighted by atomic mass is 16.5. The van der Waals surface area contributed by atoms with Crippen LogP contribution in [0.5, 0.6) is 0 Å². The Morgan fingerprint density at radius 2 is 1.94 bits per heavy atom. The van der Waals surface area contributed by atoms with Gasteiger partial charge in [-0.25, -0.2) is 0 Å². The summed E-state index contributed by atoms with van der Waals surface area (Å²) in [5.41, 5.74) is 6.94. The van der Waals surface area contributed by atoms with E-state index in [1.807, 2.05) is 0 Å². The van der Waals surface area contributed by atoms with Gasteiger partial charge in [-0.15, -0.1) is 0 Å². The monoisotopic (exact) mass is 236 g/mol. The molecule has 0 fully saturated rings. The van der Waals surface area contributed by atoms with Crippen molar-refractivity contribution in [2.75, 3.05) is 26.4 Å². The number of hydrogen-bond donors (Lipinski definition) is 1. The minimum atomic E-state index is -0.460. The molecule has 0 aliphatic heterocycles. The number of esters is 1. The standard InChI is InChI=1S/C12H16N2O3/c1-14(2)11(15)8-17-12(16)7-9-5-3-4-6-10(9)13/h3-6H,7-8,13H2,1-2H3. The van der Waals surface area contributed by atoms with Gasteiger partial charge in [0.2, 0.25) is 0 Å². The number of para-hydroxylation sites is 1. The summed E-state index contributed by atoms with van der Waals surface area (Å²) < 4.78 is 4.84. The van der Waals surface area contributed by atoms with Gasteiger partial charge >= 0.3 is 5.97 Å². The number of nitrogens with zero attached hydrogens (tertiary/aromatic N) is 1. The quantitative estimate of drug-likeness (QED) is 0.608.